The highest BCUT2D eigenvalue weighted by molar-refractivity contribution is 6.20. The van der Waals surface area contributed by atoms with E-state index in [1.165, 1.54) is 6.07 Å². The molecule has 2 atom stereocenters. The Bertz CT molecular complexity index is 447. The number of hydrogen-bond donors (Lipinski definition) is 1. The van der Waals surface area contributed by atoms with Crippen LogP contribution in [0.1, 0.15) is 36.0 Å². The molecule has 5 heteroatoms. The number of amides is 1. The number of halogens is 3. The number of nitrogens with one attached hydrogen (secondary N) is 1. The summed E-state index contributed by atoms with van der Waals surface area (Å²) in [6.45, 7) is 0.362. The van der Waals surface area contributed by atoms with Crippen molar-refractivity contribution in [2.75, 3.05) is 6.54 Å². The van der Waals surface area contributed by atoms with Gasteiger partial charge in [-0.1, -0.05) is 18.9 Å². The number of hydrogen-bond acceptors (Lipinski definition) is 1. The van der Waals surface area contributed by atoms with Gasteiger partial charge in [-0.05, 0) is 30.9 Å². The second-order valence-corrected chi connectivity index (χ2v) is 5.43. The molecular formula is C14H16ClF2NO. The Balaban J connectivity index is 1.97. The highest BCUT2D eigenvalue weighted by Crippen LogP contribution is 2.28. The second kappa shape index (κ2) is 6.33. The number of carbonyl (C=O) groups is 1. The van der Waals surface area contributed by atoms with Crippen LogP contribution in [0.5, 0.6) is 0 Å². The lowest BCUT2D eigenvalue weighted by molar-refractivity contribution is 0.0935. The quantitative estimate of drug-likeness (QED) is 0.847. The average Bonchev–Trinajstić information content (AvgIpc) is 2.37. The summed E-state index contributed by atoms with van der Waals surface area (Å²) in [6, 6.07) is 3.38. The van der Waals surface area contributed by atoms with Gasteiger partial charge in [-0.25, -0.2) is 8.78 Å². The van der Waals surface area contributed by atoms with Gasteiger partial charge in [-0.2, -0.15) is 0 Å². The van der Waals surface area contributed by atoms with Gasteiger partial charge in [0.05, 0.1) is 0 Å². The Morgan fingerprint density at radius 1 is 1.26 bits per heavy atom. The first-order valence-corrected chi connectivity index (χ1v) is 6.89. The third kappa shape index (κ3) is 3.44. The van der Waals surface area contributed by atoms with E-state index in [1.54, 1.807) is 0 Å². The third-order valence-electron chi connectivity index (χ3n) is 3.53. The van der Waals surface area contributed by atoms with Gasteiger partial charge in [0.2, 0.25) is 0 Å². The fourth-order valence-corrected chi connectivity index (χ4v) is 2.79. The zero-order valence-corrected chi connectivity index (χ0v) is 11.2. The van der Waals surface area contributed by atoms with Gasteiger partial charge >= 0.3 is 0 Å². The summed E-state index contributed by atoms with van der Waals surface area (Å²) in [4.78, 5) is 11.8. The molecule has 1 aromatic rings. The fraction of sp³-hybridized carbons (Fsp3) is 0.500. The molecule has 0 saturated heterocycles. The first-order chi connectivity index (χ1) is 9.09. The van der Waals surface area contributed by atoms with Crippen LogP contribution in [-0.4, -0.2) is 17.8 Å². The van der Waals surface area contributed by atoms with Crippen LogP contribution in [0.25, 0.3) is 0 Å². The maximum atomic E-state index is 13.4. The van der Waals surface area contributed by atoms with Crippen molar-refractivity contribution in [3.63, 3.8) is 0 Å². The monoisotopic (exact) mass is 287 g/mol. The van der Waals surface area contributed by atoms with Crippen molar-refractivity contribution in [3.8, 4) is 0 Å². The van der Waals surface area contributed by atoms with E-state index in [0.29, 0.717) is 6.54 Å². The zero-order valence-electron chi connectivity index (χ0n) is 10.5. The number of carbonyl (C=O) groups excluding carboxylic acids is 1. The van der Waals surface area contributed by atoms with Gasteiger partial charge in [-0.15, -0.1) is 11.6 Å². The summed E-state index contributed by atoms with van der Waals surface area (Å²) in [6.07, 6.45) is 4.04. The molecular weight excluding hydrogens is 272 g/mol. The molecule has 1 saturated carbocycles. The molecule has 1 amide bonds. The van der Waals surface area contributed by atoms with Crippen molar-refractivity contribution in [3.05, 3.63) is 35.4 Å². The van der Waals surface area contributed by atoms with Gasteiger partial charge in [0, 0.05) is 11.9 Å². The third-order valence-corrected chi connectivity index (χ3v) is 4.11. The van der Waals surface area contributed by atoms with Crippen LogP contribution in [-0.2, 0) is 0 Å². The summed E-state index contributed by atoms with van der Waals surface area (Å²) in [5.41, 5.74) is -0.524. The molecule has 0 heterocycles. The molecule has 1 N–H and O–H groups in total. The molecule has 2 nitrogen and oxygen atoms in total. The average molecular weight is 288 g/mol. The Hall–Kier alpha value is -1.16. The Kier molecular flexibility index (Phi) is 4.75. The molecule has 0 radical (unpaired) electrons. The molecule has 0 aliphatic heterocycles. The predicted molar refractivity (Wildman–Crippen MR) is 70.3 cm³/mol. The number of alkyl halides is 1. The molecule has 104 valence electrons. The van der Waals surface area contributed by atoms with Crippen molar-refractivity contribution in [2.24, 2.45) is 5.92 Å². The maximum Gasteiger partial charge on any atom is 0.257 e. The van der Waals surface area contributed by atoms with Crippen molar-refractivity contribution in [1.82, 2.24) is 5.32 Å². The van der Waals surface area contributed by atoms with Crippen molar-refractivity contribution < 1.29 is 13.6 Å². The lowest BCUT2D eigenvalue weighted by Crippen LogP contribution is -2.35. The molecule has 19 heavy (non-hydrogen) atoms. The highest BCUT2D eigenvalue weighted by Gasteiger charge is 2.24. The van der Waals surface area contributed by atoms with E-state index in [0.717, 1.165) is 37.8 Å². The summed E-state index contributed by atoms with van der Waals surface area (Å²) >= 11 is 6.18. The largest absolute Gasteiger partial charge is 0.352 e. The molecule has 2 unspecified atom stereocenters. The van der Waals surface area contributed by atoms with Crippen molar-refractivity contribution >= 4 is 17.5 Å². The second-order valence-electron chi connectivity index (χ2n) is 4.87. The molecule has 1 aliphatic carbocycles. The highest BCUT2D eigenvalue weighted by atomic mass is 35.5. The van der Waals surface area contributed by atoms with Crippen LogP contribution in [0.15, 0.2) is 18.2 Å². The van der Waals surface area contributed by atoms with Crippen LogP contribution in [0.3, 0.4) is 0 Å². The normalized spacial score (nSPS) is 23.1. The molecule has 2 rings (SSSR count). The van der Waals surface area contributed by atoms with Crippen molar-refractivity contribution in [2.45, 2.75) is 31.1 Å². The van der Waals surface area contributed by atoms with Gasteiger partial charge in [-0.3, -0.25) is 4.79 Å². The molecule has 1 aromatic carbocycles. The van der Waals surface area contributed by atoms with Crippen LogP contribution in [0, 0.1) is 17.6 Å². The summed E-state index contributed by atoms with van der Waals surface area (Å²) in [5.74, 6) is -2.23. The summed E-state index contributed by atoms with van der Waals surface area (Å²) in [5, 5.41) is 2.60. The Morgan fingerprint density at radius 2 is 1.89 bits per heavy atom. The van der Waals surface area contributed by atoms with Crippen LogP contribution in [0.4, 0.5) is 8.78 Å². The fourth-order valence-electron chi connectivity index (χ4n) is 2.42. The van der Waals surface area contributed by atoms with Crippen molar-refractivity contribution in [1.29, 1.82) is 0 Å². The van der Waals surface area contributed by atoms with Crippen LogP contribution in [0.2, 0.25) is 0 Å². The minimum absolute atomic E-state index is 0.0273. The van der Waals surface area contributed by atoms with Crippen LogP contribution < -0.4 is 5.32 Å². The van der Waals surface area contributed by atoms with Gasteiger partial charge in [0.1, 0.15) is 17.2 Å². The molecule has 0 aromatic heterocycles. The van der Waals surface area contributed by atoms with Gasteiger partial charge < -0.3 is 5.32 Å². The Labute approximate surface area is 116 Å². The van der Waals surface area contributed by atoms with Gasteiger partial charge in [0.25, 0.3) is 5.91 Å². The number of benzene rings is 1. The summed E-state index contributed by atoms with van der Waals surface area (Å²) in [7, 11) is 0. The van der Waals surface area contributed by atoms with E-state index >= 15 is 0 Å². The predicted octanol–water partition coefficient (Wildman–Crippen LogP) is 3.49. The zero-order chi connectivity index (χ0) is 13.8. The molecule has 0 bridgehead atoms. The first kappa shape index (κ1) is 14.3. The van der Waals surface area contributed by atoms with Crippen LogP contribution >= 0.6 is 11.6 Å². The van der Waals surface area contributed by atoms with E-state index in [4.69, 9.17) is 11.6 Å². The number of rotatable bonds is 3. The molecule has 1 aliphatic rings. The lowest BCUT2D eigenvalue weighted by Gasteiger charge is -2.27. The standard InChI is InChI=1S/C14H16ClF2NO/c15-10-5-2-1-4-9(10)8-18-14(19)13-11(16)6-3-7-12(13)17/h3,6-7,9-10H,1-2,4-5,8H2,(H,18,19). The van der Waals surface area contributed by atoms with E-state index < -0.39 is 23.1 Å². The maximum absolute atomic E-state index is 13.4. The van der Waals surface area contributed by atoms with E-state index in [-0.39, 0.29) is 11.3 Å². The smallest absolute Gasteiger partial charge is 0.257 e. The minimum atomic E-state index is -0.844. The van der Waals surface area contributed by atoms with E-state index in [2.05, 4.69) is 5.32 Å². The topological polar surface area (TPSA) is 29.1 Å². The molecule has 0 spiro atoms. The van der Waals surface area contributed by atoms with E-state index in [9.17, 15) is 13.6 Å². The van der Waals surface area contributed by atoms with Gasteiger partial charge in [0.15, 0.2) is 0 Å². The minimum Gasteiger partial charge on any atom is -0.352 e. The Morgan fingerprint density at radius 3 is 2.53 bits per heavy atom. The first-order valence-electron chi connectivity index (χ1n) is 6.46. The SMILES string of the molecule is O=C(NCC1CCCCC1Cl)c1c(F)cccc1F. The summed E-state index contributed by atoms with van der Waals surface area (Å²) < 4.78 is 26.8. The van der Waals surface area contributed by atoms with E-state index in [1.807, 2.05) is 0 Å². The molecule has 1 fully saturated rings. The lowest BCUT2D eigenvalue weighted by atomic mass is 9.88.